The monoisotopic (exact) mass is 246 g/mol. The number of rotatable bonds is 8. The second kappa shape index (κ2) is 8.98. The van der Waals surface area contributed by atoms with Crippen molar-refractivity contribution in [1.29, 1.82) is 0 Å². The molecular formula is C12H22O5. The Morgan fingerprint density at radius 1 is 1.18 bits per heavy atom. The summed E-state index contributed by atoms with van der Waals surface area (Å²) in [5, 5.41) is 9.40. The molecule has 2 atom stereocenters. The minimum atomic E-state index is -0.955. The minimum absolute atomic E-state index is 0.135. The maximum absolute atomic E-state index is 11.4. The molecule has 5 nitrogen and oxygen atoms in total. The van der Waals surface area contributed by atoms with Gasteiger partial charge in [0.15, 0.2) is 0 Å². The van der Waals surface area contributed by atoms with Crippen molar-refractivity contribution in [2.45, 2.75) is 46.1 Å². The second-order valence-electron chi connectivity index (χ2n) is 4.01. The van der Waals surface area contributed by atoms with E-state index in [-0.39, 0.29) is 37.5 Å². The lowest BCUT2D eigenvalue weighted by Crippen LogP contribution is -2.27. The van der Waals surface area contributed by atoms with Crippen molar-refractivity contribution < 1.29 is 24.2 Å². The number of ether oxygens (including phenoxy) is 2. The van der Waals surface area contributed by atoms with E-state index in [1.807, 2.05) is 6.92 Å². The highest BCUT2D eigenvalue weighted by molar-refractivity contribution is 5.72. The van der Waals surface area contributed by atoms with Gasteiger partial charge in [-0.05, 0) is 6.42 Å². The lowest BCUT2D eigenvalue weighted by atomic mass is 10.1. The van der Waals surface area contributed by atoms with Crippen molar-refractivity contribution >= 4 is 11.9 Å². The summed E-state index contributed by atoms with van der Waals surface area (Å²) in [5.41, 5.74) is 0. The highest BCUT2D eigenvalue weighted by Gasteiger charge is 2.16. The van der Waals surface area contributed by atoms with Gasteiger partial charge in [-0.15, -0.1) is 0 Å². The molecule has 100 valence electrons. The number of hydrogen-bond donors (Lipinski definition) is 1. The molecule has 0 fully saturated rings. The van der Waals surface area contributed by atoms with E-state index in [1.54, 1.807) is 13.8 Å². The minimum Gasteiger partial charge on any atom is -0.463 e. The fourth-order valence-corrected chi connectivity index (χ4v) is 1.21. The van der Waals surface area contributed by atoms with E-state index in [4.69, 9.17) is 9.47 Å². The quantitative estimate of drug-likeness (QED) is 0.653. The highest BCUT2D eigenvalue weighted by Crippen LogP contribution is 2.07. The van der Waals surface area contributed by atoms with Crippen LogP contribution in [0.1, 0.15) is 40.0 Å². The van der Waals surface area contributed by atoms with Gasteiger partial charge in [-0.1, -0.05) is 27.2 Å². The predicted octanol–water partition coefficient (Wildman–Crippen LogP) is 1.28. The van der Waals surface area contributed by atoms with Crippen molar-refractivity contribution in [3.8, 4) is 0 Å². The van der Waals surface area contributed by atoms with Gasteiger partial charge in [-0.2, -0.15) is 0 Å². The number of hydrogen-bond acceptors (Lipinski definition) is 5. The molecule has 0 aromatic carbocycles. The van der Waals surface area contributed by atoms with Crippen LogP contribution < -0.4 is 0 Å². The average molecular weight is 246 g/mol. The van der Waals surface area contributed by atoms with Gasteiger partial charge in [0.25, 0.3) is 0 Å². The molecule has 0 spiro atoms. The Morgan fingerprint density at radius 2 is 1.76 bits per heavy atom. The maximum atomic E-state index is 11.4. The van der Waals surface area contributed by atoms with Crippen LogP contribution in [0.3, 0.4) is 0 Å². The van der Waals surface area contributed by atoms with Gasteiger partial charge in [-0.3, -0.25) is 9.59 Å². The average Bonchev–Trinajstić information content (AvgIpc) is 2.32. The van der Waals surface area contributed by atoms with Gasteiger partial charge >= 0.3 is 11.9 Å². The van der Waals surface area contributed by atoms with Crippen LogP contribution in [-0.2, 0) is 19.1 Å². The van der Waals surface area contributed by atoms with Gasteiger partial charge < -0.3 is 14.6 Å². The Bertz CT molecular complexity index is 239. The van der Waals surface area contributed by atoms with Gasteiger partial charge in [0, 0.05) is 6.42 Å². The zero-order valence-electron chi connectivity index (χ0n) is 10.8. The molecular weight excluding hydrogens is 224 g/mol. The van der Waals surface area contributed by atoms with Gasteiger partial charge in [0.1, 0.15) is 19.3 Å². The molecule has 0 aliphatic heterocycles. The van der Waals surface area contributed by atoms with E-state index >= 15 is 0 Å². The summed E-state index contributed by atoms with van der Waals surface area (Å²) < 4.78 is 9.62. The third kappa shape index (κ3) is 7.74. The van der Waals surface area contributed by atoms with Gasteiger partial charge in [0.05, 0.1) is 5.92 Å². The van der Waals surface area contributed by atoms with Crippen LogP contribution in [0.4, 0.5) is 0 Å². The molecule has 0 saturated heterocycles. The third-order valence-corrected chi connectivity index (χ3v) is 2.27. The first-order valence-electron chi connectivity index (χ1n) is 6.01. The van der Waals surface area contributed by atoms with E-state index in [0.717, 1.165) is 12.8 Å². The Labute approximate surface area is 102 Å². The largest absolute Gasteiger partial charge is 0.463 e. The molecule has 0 aliphatic carbocycles. The summed E-state index contributed by atoms with van der Waals surface area (Å²) >= 11 is 0. The summed E-state index contributed by atoms with van der Waals surface area (Å²) in [6, 6.07) is 0. The summed E-state index contributed by atoms with van der Waals surface area (Å²) in [6.45, 7) is 5.17. The number of esters is 2. The van der Waals surface area contributed by atoms with Crippen LogP contribution in [0.15, 0.2) is 0 Å². The van der Waals surface area contributed by atoms with Crippen LogP contribution >= 0.6 is 0 Å². The smallest absolute Gasteiger partial charge is 0.308 e. The van der Waals surface area contributed by atoms with Crippen molar-refractivity contribution in [2.75, 3.05) is 13.2 Å². The molecule has 2 unspecified atom stereocenters. The van der Waals surface area contributed by atoms with E-state index in [9.17, 15) is 14.7 Å². The molecule has 0 aromatic heterocycles. The molecule has 17 heavy (non-hydrogen) atoms. The van der Waals surface area contributed by atoms with Crippen LogP contribution in [0, 0.1) is 5.92 Å². The zero-order chi connectivity index (χ0) is 13.3. The van der Waals surface area contributed by atoms with Crippen molar-refractivity contribution in [3.63, 3.8) is 0 Å². The molecule has 0 saturated carbocycles. The normalized spacial score (nSPS) is 13.9. The second-order valence-corrected chi connectivity index (χ2v) is 4.01. The molecule has 0 rings (SSSR count). The van der Waals surface area contributed by atoms with E-state index in [0.29, 0.717) is 0 Å². The van der Waals surface area contributed by atoms with Crippen molar-refractivity contribution in [2.24, 2.45) is 5.92 Å². The number of aliphatic hydroxyl groups excluding tert-OH is 1. The molecule has 0 aliphatic rings. The van der Waals surface area contributed by atoms with Crippen LogP contribution in [0.25, 0.3) is 0 Å². The Kier molecular flexibility index (Phi) is 8.40. The zero-order valence-corrected chi connectivity index (χ0v) is 10.8. The summed E-state index contributed by atoms with van der Waals surface area (Å²) in [5.74, 6) is -0.868. The molecule has 0 radical (unpaired) electrons. The molecule has 0 bridgehead atoms. The SMILES string of the molecule is CCCC(C)C(=O)OCC(O)COC(=O)CC. The van der Waals surface area contributed by atoms with Crippen LogP contribution in [0.2, 0.25) is 0 Å². The molecule has 0 aromatic rings. The molecule has 0 heterocycles. The molecule has 1 N–H and O–H groups in total. The molecule has 5 heteroatoms. The maximum Gasteiger partial charge on any atom is 0.308 e. The first-order chi connectivity index (χ1) is 8.01. The van der Waals surface area contributed by atoms with E-state index < -0.39 is 6.10 Å². The van der Waals surface area contributed by atoms with Gasteiger partial charge in [-0.25, -0.2) is 0 Å². The first kappa shape index (κ1) is 15.9. The number of aliphatic hydroxyl groups is 1. The van der Waals surface area contributed by atoms with Crippen molar-refractivity contribution in [1.82, 2.24) is 0 Å². The Balaban J connectivity index is 3.72. The first-order valence-corrected chi connectivity index (χ1v) is 6.01. The fraction of sp³-hybridized carbons (Fsp3) is 0.833. The fourth-order valence-electron chi connectivity index (χ4n) is 1.21. The summed E-state index contributed by atoms with van der Waals surface area (Å²) in [7, 11) is 0. The van der Waals surface area contributed by atoms with Crippen LogP contribution in [-0.4, -0.2) is 36.4 Å². The highest BCUT2D eigenvalue weighted by atomic mass is 16.6. The lowest BCUT2D eigenvalue weighted by molar-refractivity contribution is -0.155. The van der Waals surface area contributed by atoms with Crippen molar-refractivity contribution in [3.05, 3.63) is 0 Å². The predicted molar refractivity (Wildman–Crippen MR) is 62.3 cm³/mol. The third-order valence-electron chi connectivity index (χ3n) is 2.27. The Hall–Kier alpha value is -1.10. The topological polar surface area (TPSA) is 72.8 Å². The summed E-state index contributed by atoms with van der Waals surface area (Å²) in [4.78, 5) is 22.2. The van der Waals surface area contributed by atoms with Gasteiger partial charge in [0.2, 0.25) is 0 Å². The molecule has 0 amide bonds. The standard InChI is InChI=1S/C12H22O5/c1-4-6-9(3)12(15)17-8-10(13)7-16-11(14)5-2/h9-10,13H,4-8H2,1-3H3. The lowest BCUT2D eigenvalue weighted by Gasteiger charge is -2.14. The van der Waals surface area contributed by atoms with E-state index in [1.165, 1.54) is 0 Å². The Morgan fingerprint density at radius 3 is 2.29 bits per heavy atom. The number of carbonyl (C=O) groups is 2. The summed E-state index contributed by atoms with van der Waals surface area (Å²) in [6.07, 6.45) is 0.982. The van der Waals surface area contributed by atoms with Crippen LogP contribution in [0.5, 0.6) is 0 Å². The van der Waals surface area contributed by atoms with E-state index in [2.05, 4.69) is 0 Å². The number of carbonyl (C=O) groups excluding carboxylic acids is 2.